The number of rotatable bonds is 3. The van der Waals surface area contributed by atoms with Gasteiger partial charge in [-0.3, -0.25) is 9.69 Å². The molecule has 0 aliphatic carbocycles. The van der Waals surface area contributed by atoms with Gasteiger partial charge in [0, 0.05) is 44.5 Å². The molecule has 8 heteroatoms. The number of amides is 1. The molecule has 0 N–H and O–H groups in total. The Bertz CT molecular complexity index is 661. The summed E-state index contributed by atoms with van der Waals surface area (Å²) in [5.41, 5.74) is -0.737. The molecule has 1 aromatic rings. The topological polar surface area (TPSA) is 39.7 Å². The number of likely N-dealkylation sites (tertiary alicyclic amines) is 1. The smallest absolute Gasteiger partial charge is 0.354 e. The number of hydrogen-bond acceptors (Lipinski definition) is 4. The fourth-order valence-corrected chi connectivity index (χ4v) is 4.31. The zero-order chi connectivity index (χ0) is 20.5. The van der Waals surface area contributed by atoms with Crippen LogP contribution in [0.25, 0.3) is 0 Å². The van der Waals surface area contributed by atoms with Gasteiger partial charge in [0.2, 0.25) is 5.91 Å². The van der Waals surface area contributed by atoms with Crippen LogP contribution in [0.3, 0.4) is 0 Å². The van der Waals surface area contributed by atoms with E-state index in [4.69, 9.17) is 0 Å². The molecule has 3 atom stereocenters. The Morgan fingerprint density at radius 1 is 1.11 bits per heavy atom. The summed E-state index contributed by atoms with van der Waals surface area (Å²) in [6, 6.07) is 2.85. The van der Waals surface area contributed by atoms with Crippen LogP contribution in [-0.2, 0) is 11.0 Å². The zero-order valence-corrected chi connectivity index (χ0v) is 16.7. The second-order valence-electron chi connectivity index (χ2n) is 7.98. The molecule has 0 unspecified atom stereocenters. The van der Waals surface area contributed by atoms with Gasteiger partial charge in [-0.05, 0) is 52.2 Å². The Balaban J connectivity index is 1.58. The molecule has 1 amide bonds. The number of carbonyl (C=O) groups excluding carboxylic acids is 1. The number of piperazine rings is 1. The molecule has 3 rings (SSSR count). The lowest BCUT2D eigenvalue weighted by molar-refractivity contribution is -0.142. The summed E-state index contributed by atoms with van der Waals surface area (Å²) in [6.45, 7) is 8.85. The molecule has 28 heavy (non-hydrogen) atoms. The SMILES string of the molecule is C[C@H](C(=O)N1[C@@H](C)CCC[C@@H]1C)N1CCN(c2ccc(C(F)(F)F)cn2)CC1. The highest BCUT2D eigenvalue weighted by Crippen LogP contribution is 2.30. The third kappa shape index (κ3) is 4.42. The number of nitrogens with zero attached hydrogens (tertiary/aromatic N) is 4. The van der Waals surface area contributed by atoms with Crippen molar-refractivity contribution in [2.24, 2.45) is 0 Å². The fraction of sp³-hybridized carbons (Fsp3) is 0.700. The predicted octanol–water partition coefficient (Wildman–Crippen LogP) is 3.40. The van der Waals surface area contributed by atoms with E-state index in [-0.39, 0.29) is 24.0 Å². The van der Waals surface area contributed by atoms with Crippen LogP contribution in [-0.4, -0.2) is 65.0 Å². The van der Waals surface area contributed by atoms with E-state index in [1.165, 1.54) is 12.5 Å². The highest BCUT2D eigenvalue weighted by Gasteiger charge is 2.35. The summed E-state index contributed by atoms with van der Waals surface area (Å²) in [5, 5.41) is 0. The summed E-state index contributed by atoms with van der Waals surface area (Å²) in [4.78, 5) is 23.2. The second-order valence-corrected chi connectivity index (χ2v) is 7.98. The van der Waals surface area contributed by atoms with E-state index in [9.17, 15) is 18.0 Å². The van der Waals surface area contributed by atoms with E-state index in [1.54, 1.807) is 0 Å². The Hall–Kier alpha value is -1.83. The maximum absolute atomic E-state index is 13.1. The highest BCUT2D eigenvalue weighted by molar-refractivity contribution is 5.82. The lowest BCUT2D eigenvalue weighted by atomic mass is 9.96. The molecule has 2 fully saturated rings. The van der Waals surface area contributed by atoms with Gasteiger partial charge < -0.3 is 9.80 Å². The Morgan fingerprint density at radius 2 is 1.71 bits per heavy atom. The third-order valence-electron chi connectivity index (χ3n) is 6.07. The average molecular weight is 398 g/mol. The molecule has 2 aliphatic heterocycles. The molecular weight excluding hydrogens is 369 g/mol. The number of piperidine rings is 1. The molecule has 2 aliphatic rings. The standard InChI is InChI=1S/C20H29F3N4O/c1-14-5-4-6-15(2)27(14)19(28)16(3)25-9-11-26(12-10-25)18-8-7-17(13-24-18)20(21,22)23/h7-8,13-16H,4-6,9-12H2,1-3H3/t14-,15-,16+/m0/s1. The Morgan fingerprint density at radius 3 is 2.21 bits per heavy atom. The minimum absolute atomic E-state index is 0.181. The van der Waals surface area contributed by atoms with Crippen LogP contribution in [0.15, 0.2) is 18.3 Å². The van der Waals surface area contributed by atoms with Gasteiger partial charge in [-0.25, -0.2) is 4.98 Å². The van der Waals surface area contributed by atoms with Crippen molar-refractivity contribution in [3.8, 4) is 0 Å². The quantitative estimate of drug-likeness (QED) is 0.783. The number of pyridine rings is 1. The van der Waals surface area contributed by atoms with E-state index >= 15 is 0 Å². The lowest BCUT2D eigenvalue weighted by Gasteiger charge is -2.44. The largest absolute Gasteiger partial charge is 0.417 e. The molecule has 0 spiro atoms. The fourth-order valence-electron chi connectivity index (χ4n) is 4.31. The van der Waals surface area contributed by atoms with Gasteiger partial charge in [-0.15, -0.1) is 0 Å². The zero-order valence-electron chi connectivity index (χ0n) is 16.7. The number of hydrogen-bond donors (Lipinski definition) is 0. The van der Waals surface area contributed by atoms with E-state index in [0.717, 1.165) is 25.1 Å². The van der Waals surface area contributed by atoms with Crippen LogP contribution in [0, 0.1) is 0 Å². The first kappa shape index (κ1) is 20.9. The number of anilines is 1. The molecule has 5 nitrogen and oxygen atoms in total. The number of halogens is 3. The van der Waals surface area contributed by atoms with Crippen molar-refractivity contribution in [3.05, 3.63) is 23.9 Å². The third-order valence-corrected chi connectivity index (χ3v) is 6.07. The summed E-state index contributed by atoms with van der Waals surface area (Å²) in [7, 11) is 0. The lowest BCUT2D eigenvalue weighted by Crippen LogP contribution is -2.58. The molecule has 0 bridgehead atoms. The summed E-state index contributed by atoms with van der Waals surface area (Å²) in [5.74, 6) is 0.728. The number of carbonyl (C=O) groups is 1. The van der Waals surface area contributed by atoms with Gasteiger partial charge in [0.25, 0.3) is 0 Å². The van der Waals surface area contributed by atoms with Gasteiger partial charge in [-0.2, -0.15) is 13.2 Å². The van der Waals surface area contributed by atoms with Gasteiger partial charge in [0.05, 0.1) is 11.6 Å². The molecule has 1 aromatic heterocycles. The predicted molar refractivity (Wildman–Crippen MR) is 102 cm³/mol. The molecular formula is C20H29F3N4O. The van der Waals surface area contributed by atoms with Crippen molar-refractivity contribution in [3.63, 3.8) is 0 Å². The molecule has 0 aromatic carbocycles. The maximum atomic E-state index is 13.1. The Labute approximate surface area is 164 Å². The summed E-state index contributed by atoms with van der Waals surface area (Å²) < 4.78 is 38.1. The van der Waals surface area contributed by atoms with E-state index < -0.39 is 11.7 Å². The van der Waals surface area contributed by atoms with E-state index in [2.05, 4.69) is 23.7 Å². The van der Waals surface area contributed by atoms with Gasteiger partial charge in [0.1, 0.15) is 5.82 Å². The number of aromatic nitrogens is 1. The van der Waals surface area contributed by atoms with E-state index in [0.29, 0.717) is 32.0 Å². The van der Waals surface area contributed by atoms with Crippen molar-refractivity contribution < 1.29 is 18.0 Å². The molecule has 156 valence electrons. The van der Waals surface area contributed by atoms with Crippen LogP contribution in [0.4, 0.5) is 19.0 Å². The van der Waals surface area contributed by atoms with Crippen LogP contribution in [0.2, 0.25) is 0 Å². The van der Waals surface area contributed by atoms with Crippen LogP contribution in [0.5, 0.6) is 0 Å². The highest BCUT2D eigenvalue weighted by atomic mass is 19.4. The van der Waals surface area contributed by atoms with Gasteiger partial charge >= 0.3 is 6.18 Å². The molecule has 3 heterocycles. The van der Waals surface area contributed by atoms with Crippen molar-refractivity contribution in [2.45, 2.75) is 64.3 Å². The van der Waals surface area contributed by atoms with Crippen LogP contribution < -0.4 is 4.90 Å². The second kappa shape index (κ2) is 8.27. The Kier molecular flexibility index (Phi) is 6.17. The summed E-state index contributed by atoms with van der Waals surface area (Å²) >= 11 is 0. The minimum Gasteiger partial charge on any atom is -0.354 e. The first-order valence-electron chi connectivity index (χ1n) is 10.0. The minimum atomic E-state index is -4.37. The number of alkyl halides is 3. The van der Waals surface area contributed by atoms with Gasteiger partial charge in [0.15, 0.2) is 0 Å². The van der Waals surface area contributed by atoms with Gasteiger partial charge in [-0.1, -0.05) is 0 Å². The van der Waals surface area contributed by atoms with Crippen molar-refractivity contribution >= 4 is 11.7 Å². The first-order valence-corrected chi connectivity index (χ1v) is 10.0. The van der Waals surface area contributed by atoms with E-state index in [1.807, 2.05) is 16.7 Å². The van der Waals surface area contributed by atoms with Crippen molar-refractivity contribution in [1.82, 2.24) is 14.8 Å². The molecule has 2 saturated heterocycles. The summed E-state index contributed by atoms with van der Waals surface area (Å²) in [6.07, 6.45) is -0.221. The first-order chi connectivity index (χ1) is 13.2. The molecule has 0 saturated carbocycles. The van der Waals surface area contributed by atoms with Crippen LogP contribution in [0.1, 0.15) is 45.6 Å². The normalized spacial score (nSPS) is 25.6. The monoisotopic (exact) mass is 398 g/mol. The van der Waals surface area contributed by atoms with Crippen molar-refractivity contribution in [2.75, 3.05) is 31.1 Å². The molecule has 0 radical (unpaired) electrons. The van der Waals surface area contributed by atoms with Crippen molar-refractivity contribution in [1.29, 1.82) is 0 Å². The van der Waals surface area contributed by atoms with Crippen LogP contribution >= 0.6 is 0 Å². The average Bonchev–Trinajstić information content (AvgIpc) is 2.67. The maximum Gasteiger partial charge on any atom is 0.417 e.